The van der Waals surface area contributed by atoms with Gasteiger partial charge in [0.1, 0.15) is 5.82 Å². The van der Waals surface area contributed by atoms with Crippen LogP contribution < -0.4 is 9.64 Å². The molecule has 83 heavy (non-hydrogen) atoms. The summed E-state index contributed by atoms with van der Waals surface area (Å²) in [5.74, 6) is 2.02. The van der Waals surface area contributed by atoms with Crippen LogP contribution in [0.25, 0.3) is 104 Å². The van der Waals surface area contributed by atoms with Crippen LogP contribution in [0.2, 0.25) is 0 Å². The van der Waals surface area contributed by atoms with Crippen LogP contribution in [0.15, 0.2) is 249 Å². The van der Waals surface area contributed by atoms with E-state index in [9.17, 15) is 0 Å². The molecule has 11 aromatic carbocycles. The number of hydrogen-bond acceptors (Lipinski definition) is 3. The molecule has 0 N–H and O–H groups in total. The number of para-hydroxylation sites is 3. The molecule has 2 aliphatic carbocycles. The Labute approximate surface area is 495 Å². The van der Waals surface area contributed by atoms with Crippen LogP contribution in [0, 0.1) is 18.8 Å². The first-order valence-electron chi connectivity index (χ1n) is 28.3. The SMILES string of the molecule is CC(C)(C)c1ccnc(-n2c3[c-]c(Oc4[c-]c(N5[CH-]n6c7ccccc7c7ccccc7c7cccc(-c8ccc9c(c8)C8(c%10ccccc%10-c%10ccccc%108)c8ccccc8-9)c7c7cccc5c76)ccc4)ccc3c3ccccc32)c1.[Pt]. The van der Waals surface area contributed by atoms with Gasteiger partial charge in [0.15, 0.2) is 0 Å². The molecule has 3 aromatic heterocycles. The van der Waals surface area contributed by atoms with Crippen molar-refractivity contribution in [1.29, 1.82) is 0 Å². The fourth-order valence-corrected chi connectivity index (χ4v) is 14.2. The van der Waals surface area contributed by atoms with Gasteiger partial charge in [-0.05, 0) is 147 Å². The molecule has 4 heterocycles. The van der Waals surface area contributed by atoms with Crippen molar-refractivity contribution in [2.75, 3.05) is 4.90 Å². The second-order valence-electron chi connectivity index (χ2n) is 23.1. The molecule has 1 spiro atoms. The number of aromatic nitrogens is 3. The summed E-state index contributed by atoms with van der Waals surface area (Å²) in [7, 11) is 0. The summed E-state index contributed by atoms with van der Waals surface area (Å²) >= 11 is 0. The van der Waals surface area contributed by atoms with Crippen molar-refractivity contribution >= 4 is 76.5 Å². The van der Waals surface area contributed by atoms with Gasteiger partial charge in [-0.25, -0.2) is 4.98 Å². The van der Waals surface area contributed by atoms with Gasteiger partial charge in [0.2, 0.25) is 0 Å². The summed E-state index contributed by atoms with van der Waals surface area (Å²) in [5.41, 5.74) is 19.6. The van der Waals surface area contributed by atoms with Crippen molar-refractivity contribution in [3.8, 4) is 50.7 Å². The number of anilines is 2. The topological polar surface area (TPSA) is 35.2 Å². The van der Waals surface area contributed by atoms with Crippen LogP contribution in [0.5, 0.6) is 11.5 Å². The van der Waals surface area contributed by atoms with Crippen LogP contribution in [-0.4, -0.2) is 14.1 Å². The van der Waals surface area contributed by atoms with Crippen molar-refractivity contribution in [3.05, 3.63) is 295 Å². The van der Waals surface area contributed by atoms with E-state index in [1.807, 2.05) is 18.3 Å². The summed E-state index contributed by atoms with van der Waals surface area (Å²) in [6.45, 7) is 8.94. The second kappa shape index (κ2) is 18.4. The van der Waals surface area contributed by atoms with E-state index in [1.165, 1.54) is 82.7 Å². The Morgan fingerprint density at radius 1 is 0.458 bits per heavy atom. The van der Waals surface area contributed by atoms with Crippen molar-refractivity contribution in [2.45, 2.75) is 31.6 Å². The number of hydrogen-bond donors (Lipinski definition) is 0. The predicted octanol–water partition coefficient (Wildman–Crippen LogP) is 19.5. The van der Waals surface area contributed by atoms with Gasteiger partial charge in [-0.3, -0.25) is 0 Å². The van der Waals surface area contributed by atoms with E-state index in [2.05, 4.69) is 284 Å². The van der Waals surface area contributed by atoms with Crippen molar-refractivity contribution < 1.29 is 25.8 Å². The molecule has 0 unspecified atom stereocenters. The zero-order valence-corrected chi connectivity index (χ0v) is 48.0. The molecule has 0 amide bonds. The molecule has 0 radical (unpaired) electrons. The van der Waals surface area contributed by atoms with Gasteiger partial charge in [0.25, 0.3) is 0 Å². The molecule has 0 saturated carbocycles. The van der Waals surface area contributed by atoms with Crippen LogP contribution in [-0.2, 0) is 31.9 Å². The number of pyridine rings is 1. The minimum atomic E-state index is -0.472. The van der Waals surface area contributed by atoms with E-state index in [4.69, 9.17) is 9.72 Å². The van der Waals surface area contributed by atoms with Gasteiger partial charge in [0.05, 0.1) is 5.41 Å². The average Bonchev–Trinajstić information content (AvgIpc) is 1.90. The summed E-state index contributed by atoms with van der Waals surface area (Å²) in [6.07, 6.45) is 1.91. The normalized spacial score (nSPS) is 13.3. The van der Waals surface area contributed by atoms with E-state index in [0.717, 1.165) is 60.8 Å². The largest absolute Gasteiger partial charge is 0.509 e. The number of rotatable bonds is 5. The number of benzene rings is 11. The zero-order valence-electron chi connectivity index (χ0n) is 45.8. The van der Waals surface area contributed by atoms with Gasteiger partial charge in [-0.2, -0.15) is 12.1 Å². The smallest absolute Gasteiger partial charge is 0.135 e. The van der Waals surface area contributed by atoms with E-state index >= 15 is 0 Å². The van der Waals surface area contributed by atoms with Gasteiger partial charge >= 0.3 is 0 Å². The minimum Gasteiger partial charge on any atom is -0.509 e. The Kier molecular flexibility index (Phi) is 10.9. The third-order valence-electron chi connectivity index (χ3n) is 17.7. The van der Waals surface area contributed by atoms with E-state index in [0.29, 0.717) is 11.5 Å². The first-order valence-corrected chi connectivity index (χ1v) is 28.3. The molecular weight excluding hydrogens is 1190 g/mol. The summed E-state index contributed by atoms with van der Waals surface area (Å²) < 4.78 is 11.4. The minimum absolute atomic E-state index is 0. The quantitative estimate of drug-likeness (QED) is 0.161. The van der Waals surface area contributed by atoms with Crippen molar-refractivity contribution in [2.24, 2.45) is 0 Å². The molecule has 0 saturated heterocycles. The number of ether oxygens (including phenoxy) is 1. The number of fused-ring (bicyclic) bond motifs is 20. The van der Waals surface area contributed by atoms with Crippen LogP contribution in [0.3, 0.4) is 0 Å². The van der Waals surface area contributed by atoms with Crippen LogP contribution >= 0.6 is 0 Å². The summed E-state index contributed by atoms with van der Waals surface area (Å²) in [5, 5.41) is 9.23. The molecule has 0 fully saturated rings. The van der Waals surface area contributed by atoms with Crippen molar-refractivity contribution in [1.82, 2.24) is 14.1 Å². The molecule has 17 rings (SSSR count). The molecule has 6 heteroatoms. The molecule has 5 nitrogen and oxygen atoms in total. The van der Waals surface area contributed by atoms with E-state index in [-0.39, 0.29) is 26.5 Å². The molecule has 0 atom stereocenters. The maximum atomic E-state index is 6.82. The Balaban J connectivity index is 0.00000565. The first-order chi connectivity index (χ1) is 40.3. The first kappa shape index (κ1) is 49.2. The van der Waals surface area contributed by atoms with Gasteiger partial charge in [-0.1, -0.05) is 219 Å². The standard InChI is InChI=1S/C77H51N4O.Pt/c1-76(2,3)49-41-42-78-73(44-49)81-70-35-15-10-27-61(70)62-40-38-52(46-72(62)81)82-51-20-16-19-50(45-51)79-47-80-69-34-14-9-26-60(69)54-21-4-5-22-55(54)63-29-17-28-53(74(63)64-30-18-36-71(79)75(64)80)48-37-39-59-58-25-8-13-33-67(58)77(68(59)43-48)65-31-11-6-23-56(65)57-24-7-12-32-66(57)77;/h4-44,47H,1-3H3;/q-3;. The van der Waals surface area contributed by atoms with Crippen LogP contribution in [0.1, 0.15) is 48.6 Å². The van der Waals surface area contributed by atoms with Gasteiger partial charge < -0.3 is 18.8 Å². The molecule has 3 aliphatic rings. The molecule has 14 aromatic rings. The Morgan fingerprint density at radius 2 is 1.02 bits per heavy atom. The Morgan fingerprint density at radius 3 is 1.75 bits per heavy atom. The summed E-state index contributed by atoms with van der Waals surface area (Å²) in [6, 6.07) is 96.4. The third-order valence-corrected chi connectivity index (χ3v) is 17.7. The second-order valence-corrected chi connectivity index (χ2v) is 23.1. The van der Waals surface area contributed by atoms with Gasteiger partial charge in [-0.15, -0.1) is 35.7 Å². The third kappa shape index (κ3) is 7.11. The van der Waals surface area contributed by atoms with Gasteiger partial charge in [0, 0.05) is 50.0 Å². The predicted molar refractivity (Wildman–Crippen MR) is 337 cm³/mol. The molecule has 1 aliphatic heterocycles. The maximum absolute atomic E-state index is 6.82. The molecule has 398 valence electrons. The fourth-order valence-electron chi connectivity index (χ4n) is 14.2. The van der Waals surface area contributed by atoms with E-state index < -0.39 is 5.41 Å². The monoisotopic (exact) mass is 1240 g/mol. The fraction of sp³-hybridized carbons (Fsp3) is 0.0649. The van der Waals surface area contributed by atoms with E-state index in [1.54, 1.807) is 0 Å². The van der Waals surface area contributed by atoms with Crippen LogP contribution in [0.4, 0.5) is 11.4 Å². The molecule has 0 bridgehead atoms. The summed E-state index contributed by atoms with van der Waals surface area (Å²) in [4.78, 5) is 7.18. The number of nitrogens with zero attached hydrogens (tertiary/aromatic N) is 4. The molecular formula is C77H51N4OPt-3. The van der Waals surface area contributed by atoms with Crippen molar-refractivity contribution in [3.63, 3.8) is 0 Å². The average molecular weight is 1240 g/mol. The zero-order chi connectivity index (χ0) is 54.4. The maximum Gasteiger partial charge on any atom is 0.135 e. The Bertz CT molecular complexity index is 5070. The Hall–Kier alpha value is -9.67.